The van der Waals surface area contributed by atoms with Gasteiger partial charge in [0.1, 0.15) is 18.8 Å². The quantitative estimate of drug-likeness (QED) is 0.0372. The second-order valence-electron chi connectivity index (χ2n) is 14.4. The van der Waals surface area contributed by atoms with Gasteiger partial charge in [0.25, 0.3) is 0 Å². The first-order valence-electron chi connectivity index (χ1n) is 22.1. The highest BCUT2D eigenvalue weighted by Gasteiger charge is 2.20. The molecule has 0 heterocycles. The van der Waals surface area contributed by atoms with Gasteiger partial charge >= 0.3 is 6.09 Å². The van der Waals surface area contributed by atoms with Gasteiger partial charge in [0, 0.05) is 32.7 Å². The number of hydrogen-bond acceptors (Lipinski definition) is 20. The van der Waals surface area contributed by atoms with Crippen molar-refractivity contribution in [3.05, 3.63) is 0 Å². The van der Waals surface area contributed by atoms with Crippen molar-refractivity contribution >= 4 is 23.7 Å². The van der Waals surface area contributed by atoms with Gasteiger partial charge in [0.05, 0.1) is 151 Å². The lowest BCUT2D eigenvalue weighted by Gasteiger charge is -2.19. The average molecular weight is 932 g/mol. The van der Waals surface area contributed by atoms with Crippen molar-refractivity contribution in [1.82, 2.24) is 16.1 Å². The fraction of sp³-hybridized carbons (Fsp3) is 0.902. The topological polar surface area (TPSA) is 286 Å². The molecule has 0 saturated carbocycles. The van der Waals surface area contributed by atoms with E-state index in [1.54, 1.807) is 20.8 Å². The van der Waals surface area contributed by atoms with Crippen LogP contribution >= 0.6 is 0 Å². The molecule has 0 rings (SSSR count). The molecule has 0 aromatic rings. The Hall–Kier alpha value is -2.72. The summed E-state index contributed by atoms with van der Waals surface area (Å²) in [5.41, 5.74) is 12.2. The number of nitrogens with two attached hydrogens (primary N) is 2. The largest absolute Gasteiger partial charge is 0.442 e. The molecule has 1 atom stereocenters. The Labute approximate surface area is 379 Å². The number of ether oxygens (including phenoxy) is 13. The Morgan fingerprint density at radius 3 is 1.27 bits per heavy atom. The van der Waals surface area contributed by atoms with E-state index in [2.05, 4.69) is 16.1 Å². The second-order valence-corrected chi connectivity index (χ2v) is 14.4. The zero-order chi connectivity index (χ0) is 47.0. The van der Waals surface area contributed by atoms with Crippen LogP contribution in [-0.2, 0) is 80.8 Å². The Balaban J connectivity index is 4.34. The molecule has 0 aliphatic heterocycles. The molecule has 0 fully saturated rings. The number of carbonyl (C=O) groups excluding carboxylic acids is 4. The van der Waals surface area contributed by atoms with Gasteiger partial charge in [-0.1, -0.05) is 0 Å². The smallest absolute Gasteiger partial charge is 0.431 e. The van der Waals surface area contributed by atoms with Crippen molar-refractivity contribution in [2.45, 2.75) is 58.1 Å². The van der Waals surface area contributed by atoms with Gasteiger partial charge in [0.2, 0.25) is 11.8 Å². The Kier molecular flexibility index (Phi) is 44.8. The van der Waals surface area contributed by atoms with Gasteiger partial charge < -0.3 is 83.7 Å². The molecule has 0 unspecified atom stereocenters. The van der Waals surface area contributed by atoms with Crippen molar-refractivity contribution in [3.63, 3.8) is 0 Å². The number of Topliss-reactive ketones (excluding diaryl/α,β-unsaturated/α-hetero) is 1. The molecule has 0 saturated heterocycles. The minimum Gasteiger partial charge on any atom is -0.442 e. The van der Waals surface area contributed by atoms with E-state index >= 15 is 0 Å². The summed E-state index contributed by atoms with van der Waals surface area (Å²) in [6.45, 7) is 14.5. The van der Waals surface area contributed by atoms with Crippen LogP contribution in [0.5, 0.6) is 0 Å². The maximum Gasteiger partial charge on any atom is 0.431 e. The number of nitrogens with one attached hydrogen (secondary N) is 3. The van der Waals surface area contributed by atoms with Crippen LogP contribution < -0.4 is 27.6 Å². The molecule has 3 amide bonds. The van der Waals surface area contributed by atoms with Crippen molar-refractivity contribution < 1.29 is 85.6 Å². The molecular weight excluding hydrogens is 850 g/mol. The highest BCUT2D eigenvalue weighted by atomic mass is 16.7. The summed E-state index contributed by atoms with van der Waals surface area (Å²) < 4.78 is 69.8. The van der Waals surface area contributed by atoms with Gasteiger partial charge in [-0.3, -0.25) is 19.2 Å². The summed E-state index contributed by atoms with van der Waals surface area (Å²) in [5.74, 6) is -0.936. The number of carbonyl (C=O) groups is 4. The number of hydroxylamine groups is 1. The third-order valence-electron chi connectivity index (χ3n) is 7.65. The lowest BCUT2D eigenvalue weighted by molar-refractivity contribution is -0.131. The summed E-state index contributed by atoms with van der Waals surface area (Å²) in [6, 6.07) is -0.785. The fourth-order valence-corrected chi connectivity index (χ4v) is 4.74. The molecule has 64 heavy (non-hydrogen) atoms. The van der Waals surface area contributed by atoms with Crippen LogP contribution in [-0.4, -0.2) is 220 Å². The zero-order valence-electron chi connectivity index (χ0n) is 38.7. The Bertz CT molecular complexity index is 1090. The molecule has 378 valence electrons. The number of hydrogen-bond donors (Lipinski definition) is 5. The van der Waals surface area contributed by atoms with Crippen molar-refractivity contribution in [2.75, 3.05) is 185 Å². The van der Waals surface area contributed by atoms with E-state index in [1.165, 1.54) is 0 Å². The minimum atomic E-state index is -0.785. The molecule has 0 aromatic heterocycles. The monoisotopic (exact) mass is 932 g/mol. The molecule has 7 N–H and O–H groups in total. The van der Waals surface area contributed by atoms with Crippen LogP contribution in [0.1, 0.15) is 46.5 Å². The fourth-order valence-electron chi connectivity index (χ4n) is 4.74. The molecular formula is C41H81N5O18. The first-order chi connectivity index (χ1) is 31.1. The van der Waals surface area contributed by atoms with Crippen LogP contribution in [0.4, 0.5) is 4.79 Å². The lowest BCUT2D eigenvalue weighted by Crippen LogP contribution is -2.43. The van der Waals surface area contributed by atoms with Gasteiger partial charge in [-0.15, -0.1) is 0 Å². The maximum atomic E-state index is 13.2. The highest BCUT2D eigenvalue weighted by molar-refractivity contribution is 5.89. The molecule has 0 spiro atoms. The molecule has 23 heteroatoms. The maximum absolute atomic E-state index is 13.2. The van der Waals surface area contributed by atoms with E-state index in [4.69, 9.17) is 77.9 Å². The number of rotatable bonds is 49. The first-order valence-corrected chi connectivity index (χ1v) is 22.1. The summed E-state index contributed by atoms with van der Waals surface area (Å²) >= 11 is 0. The van der Waals surface area contributed by atoms with E-state index in [-0.39, 0.29) is 77.5 Å². The predicted molar refractivity (Wildman–Crippen MR) is 232 cm³/mol. The van der Waals surface area contributed by atoms with Crippen LogP contribution in [0.3, 0.4) is 0 Å². The number of amides is 3. The first kappa shape index (κ1) is 61.3. The number of ketones is 1. The SMILES string of the molecule is CC(C)(C)OC(=O)NOCCOCCOCCCC(=O)[C@H](CCCNC(=O)COCCOCCOCCOCCOCCN)NC(=O)COCCOCCOCCOCCOCCN. The van der Waals surface area contributed by atoms with Gasteiger partial charge in [-0.25, -0.2) is 4.79 Å². The van der Waals surface area contributed by atoms with E-state index in [0.717, 1.165) is 0 Å². The van der Waals surface area contributed by atoms with Gasteiger partial charge in [-0.2, -0.15) is 5.48 Å². The molecule has 0 aliphatic carbocycles. The van der Waals surface area contributed by atoms with Crippen molar-refractivity contribution in [3.8, 4) is 0 Å². The Morgan fingerprint density at radius 2 is 0.844 bits per heavy atom. The van der Waals surface area contributed by atoms with Crippen LogP contribution in [0.25, 0.3) is 0 Å². The second kappa shape index (κ2) is 46.8. The summed E-state index contributed by atoms with van der Waals surface area (Å²) in [6.07, 6.45) is 0.623. The zero-order valence-corrected chi connectivity index (χ0v) is 38.7. The third-order valence-corrected chi connectivity index (χ3v) is 7.65. The van der Waals surface area contributed by atoms with Gasteiger partial charge in [-0.05, 0) is 40.0 Å². The van der Waals surface area contributed by atoms with E-state index in [9.17, 15) is 19.2 Å². The standard InChI is InChI=1S/C41H81N5O18/c1-41(2,3)64-40(50)46-63-33-32-60-17-14-51-11-5-7-37(47)36(45-39(49)35-62-31-29-59-27-25-57-23-21-55-19-16-53-13-9-43)6-4-10-44-38(48)34-61-30-28-58-26-24-56-22-20-54-18-15-52-12-8-42/h36H,4-35,42-43H2,1-3H3,(H,44,48)(H,45,49)(H,46,50)/t36-/m0/s1. The lowest BCUT2D eigenvalue weighted by atomic mass is 10.0. The third kappa shape index (κ3) is 47.2. The summed E-state index contributed by atoms with van der Waals surface area (Å²) in [7, 11) is 0. The Morgan fingerprint density at radius 1 is 0.469 bits per heavy atom. The molecule has 0 radical (unpaired) electrons. The van der Waals surface area contributed by atoms with E-state index < -0.39 is 23.6 Å². The summed E-state index contributed by atoms with van der Waals surface area (Å²) in [5, 5.41) is 5.53. The van der Waals surface area contributed by atoms with Crippen molar-refractivity contribution in [1.29, 1.82) is 0 Å². The van der Waals surface area contributed by atoms with Crippen molar-refractivity contribution in [2.24, 2.45) is 11.5 Å². The summed E-state index contributed by atoms with van der Waals surface area (Å²) in [4.78, 5) is 54.7. The van der Waals surface area contributed by atoms with Crippen LogP contribution in [0.15, 0.2) is 0 Å². The van der Waals surface area contributed by atoms with Crippen LogP contribution in [0.2, 0.25) is 0 Å². The van der Waals surface area contributed by atoms with Crippen LogP contribution in [0, 0.1) is 0 Å². The van der Waals surface area contributed by atoms with E-state index in [0.29, 0.717) is 145 Å². The van der Waals surface area contributed by atoms with E-state index in [1.807, 2.05) is 0 Å². The molecule has 0 aliphatic rings. The molecule has 23 nitrogen and oxygen atoms in total. The van der Waals surface area contributed by atoms with Gasteiger partial charge in [0.15, 0.2) is 5.78 Å². The highest BCUT2D eigenvalue weighted by Crippen LogP contribution is 2.07. The predicted octanol–water partition coefficient (Wildman–Crippen LogP) is -0.710. The molecule has 0 aromatic carbocycles. The average Bonchev–Trinajstić information content (AvgIpc) is 3.25. The normalized spacial score (nSPS) is 12.0. The minimum absolute atomic E-state index is 0.121. The molecule has 0 bridgehead atoms.